The van der Waals surface area contributed by atoms with Gasteiger partial charge < -0.3 is 10.3 Å². The lowest BCUT2D eigenvalue weighted by Crippen LogP contribution is -2.13. The molecule has 1 aromatic carbocycles. The maximum Gasteiger partial charge on any atom is 0.280 e. The minimum absolute atomic E-state index is 0.0838. The van der Waals surface area contributed by atoms with E-state index in [4.69, 9.17) is 17.3 Å². The lowest BCUT2D eigenvalue weighted by atomic mass is 10.2. The number of imidazole rings is 1. The molecule has 6 nitrogen and oxygen atoms in total. The molecule has 0 spiro atoms. The summed E-state index contributed by atoms with van der Waals surface area (Å²) in [4.78, 5) is 3.81. The average molecular weight is 325 g/mol. The second kappa shape index (κ2) is 6.18. The molecule has 1 heterocycles. The van der Waals surface area contributed by atoms with Gasteiger partial charge in [-0.15, -0.1) is 0 Å². The zero-order valence-electron chi connectivity index (χ0n) is 11.2. The highest BCUT2D eigenvalue weighted by Crippen LogP contribution is 2.25. The normalized spacial score (nSPS) is 10.8. The summed E-state index contributed by atoms with van der Waals surface area (Å²) in [5.74, 6) is 5.50. The fourth-order valence-electron chi connectivity index (χ4n) is 1.56. The molecule has 8 heteroatoms. The summed E-state index contributed by atoms with van der Waals surface area (Å²) in [5, 5.41) is 0.187. The number of aromatic nitrogens is 2. The number of aryl methyl sites for hydroxylation is 1. The lowest BCUT2D eigenvalue weighted by molar-refractivity contribution is 0.598. The Bertz CT molecular complexity index is 818. The molecule has 2 aromatic rings. The molecule has 110 valence electrons. The van der Waals surface area contributed by atoms with Crippen LogP contribution in [0.25, 0.3) is 0 Å². The van der Waals surface area contributed by atoms with Crippen molar-refractivity contribution in [3.05, 3.63) is 41.3 Å². The van der Waals surface area contributed by atoms with Gasteiger partial charge >= 0.3 is 0 Å². The van der Waals surface area contributed by atoms with Crippen LogP contribution in [-0.4, -0.2) is 24.5 Å². The van der Waals surface area contributed by atoms with Crippen molar-refractivity contribution in [1.82, 2.24) is 9.55 Å². The van der Waals surface area contributed by atoms with Crippen LogP contribution in [0.5, 0.6) is 0 Å². The first-order valence-electron chi connectivity index (χ1n) is 5.91. The first-order valence-corrected chi connectivity index (χ1v) is 7.78. The van der Waals surface area contributed by atoms with E-state index in [9.17, 15) is 8.42 Å². The van der Waals surface area contributed by atoms with Gasteiger partial charge in [-0.1, -0.05) is 23.4 Å². The predicted octanol–water partition coefficient (Wildman–Crippen LogP) is 1.18. The number of sulfonamides is 1. The molecule has 3 N–H and O–H groups in total. The molecule has 0 bridgehead atoms. The zero-order valence-corrected chi connectivity index (χ0v) is 12.7. The highest BCUT2D eigenvalue weighted by atomic mass is 35.5. The fraction of sp³-hybridized carbons (Fsp3) is 0.154. The quantitative estimate of drug-likeness (QED) is 0.830. The predicted molar refractivity (Wildman–Crippen MR) is 81.4 cm³/mol. The van der Waals surface area contributed by atoms with E-state index >= 15 is 0 Å². The van der Waals surface area contributed by atoms with Gasteiger partial charge in [0.15, 0.2) is 5.03 Å². The first-order chi connectivity index (χ1) is 9.92. The fourth-order valence-corrected chi connectivity index (χ4v) is 2.83. The number of anilines is 1. The van der Waals surface area contributed by atoms with Gasteiger partial charge in [0.25, 0.3) is 10.0 Å². The standard InChI is InChI=1S/C13H13ClN4O2S/c1-18-8-13(16-9-18)21(19,20)17-12-7-10(3-2-6-15)4-5-11(12)14/h4-5,7-9,17H,6,15H2,1H3. The topological polar surface area (TPSA) is 90.0 Å². The van der Waals surface area contributed by atoms with Crippen molar-refractivity contribution in [2.45, 2.75) is 5.03 Å². The molecule has 0 saturated carbocycles. The number of rotatable bonds is 3. The average Bonchev–Trinajstić information content (AvgIpc) is 2.87. The van der Waals surface area contributed by atoms with Crippen LogP contribution in [0, 0.1) is 11.8 Å². The third-order valence-electron chi connectivity index (χ3n) is 2.50. The molecule has 0 unspecified atom stereocenters. The van der Waals surface area contributed by atoms with Crippen molar-refractivity contribution >= 4 is 27.3 Å². The van der Waals surface area contributed by atoms with E-state index < -0.39 is 10.0 Å². The molecule has 0 saturated heterocycles. The Morgan fingerprint density at radius 2 is 2.24 bits per heavy atom. The Morgan fingerprint density at radius 3 is 2.86 bits per heavy atom. The first kappa shape index (κ1) is 15.4. The molecule has 0 aliphatic rings. The Kier molecular flexibility index (Phi) is 4.53. The van der Waals surface area contributed by atoms with Crippen molar-refractivity contribution < 1.29 is 8.42 Å². The minimum Gasteiger partial charge on any atom is -0.339 e. The van der Waals surface area contributed by atoms with Crippen LogP contribution in [-0.2, 0) is 17.1 Å². The van der Waals surface area contributed by atoms with E-state index in [2.05, 4.69) is 21.5 Å². The maximum atomic E-state index is 12.2. The summed E-state index contributed by atoms with van der Waals surface area (Å²) in [6.45, 7) is 0.220. The van der Waals surface area contributed by atoms with E-state index in [1.54, 1.807) is 29.8 Å². The van der Waals surface area contributed by atoms with Gasteiger partial charge in [0, 0.05) is 18.8 Å². The molecule has 2 rings (SSSR count). The Balaban J connectivity index is 2.34. The highest BCUT2D eigenvalue weighted by Gasteiger charge is 2.18. The van der Waals surface area contributed by atoms with Crippen LogP contribution in [0.4, 0.5) is 5.69 Å². The smallest absolute Gasteiger partial charge is 0.280 e. The Morgan fingerprint density at radius 1 is 1.48 bits per heavy atom. The lowest BCUT2D eigenvalue weighted by Gasteiger charge is -2.08. The van der Waals surface area contributed by atoms with Crippen LogP contribution >= 0.6 is 11.6 Å². The van der Waals surface area contributed by atoms with E-state index in [0.29, 0.717) is 5.56 Å². The third-order valence-corrected chi connectivity index (χ3v) is 4.08. The van der Waals surface area contributed by atoms with Crippen LogP contribution in [0.2, 0.25) is 5.02 Å². The molecule has 21 heavy (non-hydrogen) atoms. The molecule has 1 aromatic heterocycles. The van der Waals surface area contributed by atoms with E-state index in [0.717, 1.165) is 0 Å². The van der Waals surface area contributed by atoms with Gasteiger partial charge in [0.2, 0.25) is 0 Å². The zero-order chi connectivity index (χ0) is 15.5. The molecule has 0 radical (unpaired) electrons. The molecule has 0 amide bonds. The van der Waals surface area contributed by atoms with Crippen molar-refractivity contribution in [2.24, 2.45) is 12.8 Å². The number of nitrogens with one attached hydrogen (secondary N) is 1. The largest absolute Gasteiger partial charge is 0.339 e. The monoisotopic (exact) mass is 324 g/mol. The van der Waals surface area contributed by atoms with E-state index in [1.165, 1.54) is 12.5 Å². The maximum absolute atomic E-state index is 12.2. The van der Waals surface area contributed by atoms with Gasteiger partial charge in [-0.3, -0.25) is 4.72 Å². The second-order valence-electron chi connectivity index (χ2n) is 4.18. The molecule has 0 aliphatic carbocycles. The van der Waals surface area contributed by atoms with Gasteiger partial charge in [-0.25, -0.2) is 4.98 Å². The van der Waals surface area contributed by atoms with E-state index in [-0.39, 0.29) is 22.3 Å². The van der Waals surface area contributed by atoms with Gasteiger partial charge in [-0.2, -0.15) is 8.42 Å². The van der Waals surface area contributed by atoms with Crippen molar-refractivity contribution in [3.63, 3.8) is 0 Å². The SMILES string of the molecule is Cn1cnc(S(=O)(=O)Nc2cc(C#CCN)ccc2Cl)c1. The van der Waals surface area contributed by atoms with Crippen LogP contribution in [0.15, 0.2) is 35.7 Å². The number of hydrogen-bond acceptors (Lipinski definition) is 4. The van der Waals surface area contributed by atoms with Crippen LogP contribution < -0.4 is 10.5 Å². The number of nitrogens with two attached hydrogens (primary N) is 1. The highest BCUT2D eigenvalue weighted by molar-refractivity contribution is 7.92. The summed E-state index contributed by atoms with van der Waals surface area (Å²) in [5.41, 5.74) is 6.16. The van der Waals surface area contributed by atoms with Crippen molar-refractivity contribution in [1.29, 1.82) is 0 Å². The summed E-state index contributed by atoms with van der Waals surface area (Å²) in [7, 11) is -2.11. The Hall–Kier alpha value is -2.01. The number of hydrogen-bond donors (Lipinski definition) is 2. The van der Waals surface area contributed by atoms with Crippen LogP contribution in [0.3, 0.4) is 0 Å². The van der Waals surface area contributed by atoms with Crippen molar-refractivity contribution in [2.75, 3.05) is 11.3 Å². The number of nitrogens with zero attached hydrogens (tertiary/aromatic N) is 2. The number of benzene rings is 1. The summed E-state index contributed by atoms with van der Waals surface area (Å²) in [6, 6.07) is 4.80. The summed E-state index contributed by atoms with van der Waals surface area (Å²) in [6.07, 6.45) is 2.80. The van der Waals surface area contributed by atoms with Gasteiger partial charge in [0.1, 0.15) is 0 Å². The van der Waals surface area contributed by atoms with E-state index in [1.807, 2.05) is 0 Å². The molecular weight excluding hydrogens is 312 g/mol. The number of halogens is 1. The molecular formula is C13H13ClN4O2S. The molecule has 0 atom stereocenters. The van der Waals surface area contributed by atoms with Gasteiger partial charge in [0.05, 0.1) is 23.6 Å². The van der Waals surface area contributed by atoms with Crippen LogP contribution in [0.1, 0.15) is 5.56 Å². The Labute approximate surface area is 128 Å². The minimum atomic E-state index is -3.79. The second-order valence-corrected chi connectivity index (χ2v) is 6.22. The van der Waals surface area contributed by atoms with Gasteiger partial charge in [-0.05, 0) is 18.2 Å². The summed E-state index contributed by atoms with van der Waals surface area (Å²) < 4.78 is 28.3. The molecule has 0 fully saturated rings. The third kappa shape index (κ3) is 3.76. The molecule has 0 aliphatic heterocycles. The van der Waals surface area contributed by atoms with Crippen molar-refractivity contribution in [3.8, 4) is 11.8 Å². The summed E-state index contributed by atoms with van der Waals surface area (Å²) >= 11 is 6.00.